The van der Waals surface area contributed by atoms with Crippen LogP contribution in [0.1, 0.15) is 30.8 Å². The number of morpholine rings is 1. The van der Waals surface area contributed by atoms with Crippen molar-refractivity contribution in [2.45, 2.75) is 32.5 Å². The van der Waals surface area contributed by atoms with E-state index in [1.165, 1.54) is 5.56 Å². The summed E-state index contributed by atoms with van der Waals surface area (Å²) in [7, 11) is 0. The lowest BCUT2D eigenvalue weighted by Crippen LogP contribution is -2.45. The molecule has 0 amide bonds. The summed E-state index contributed by atoms with van der Waals surface area (Å²) < 4.78 is 11.5. The van der Waals surface area contributed by atoms with Crippen molar-refractivity contribution in [3.8, 4) is 0 Å². The Morgan fingerprint density at radius 2 is 2.24 bits per heavy atom. The second-order valence-corrected chi connectivity index (χ2v) is 5.84. The lowest BCUT2D eigenvalue weighted by Gasteiger charge is -2.34. The van der Waals surface area contributed by atoms with Crippen molar-refractivity contribution in [3.63, 3.8) is 0 Å². The first-order chi connectivity index (χ1) is 10.2. The second kappa shape index (κ2) is 6.18. The number of hydrogen-bond donors (Lipinski definition) is 1. The van der Waals surface area contributed by atoms with Crippen LogP contribution in [0.25, 0.3) is 11.0 Å². The molecule has 4 nitrogen and oxygen atoms in total. The van der Waals surface area contributed by atoms with Gasteiger partial charge in [0.1, 0.15) is 23.6 Å². The summed E-state index contributed by atoms with van der Waals surface area (Å²) in [6, 6.07) is 7.96. The van der Waals surface area contributed by atoms with E-state index in [4.69, 9.17) is 9.15 Å². The largest absolute Gasteiger partial charge is 0.458 e. The Morgan fingerprint density at radius 1 is 1.38 bits per heavy atom. The maximum absolute atomic E-state index is 10.6. The molecule has 0 radical (unpaired) electrons. The predicted octanol–water partition coefficient (Wildman–Crippen LogP) is 2.89. The molecule has 1 aliphatic rings. The second-order valence-electron chi connectivity index (χ2n) is 5.84. The molecule has 1 aliphatic heterocycles. The molecule has 114 valence electrons. The third-order valence-electron chi connectivity index (χ3n) is 4.05. The van der Waals surface area contributed by atoms with Gasteiger partial charge in [0.05, 0.1) is 6.61 Å². The summed E-state index contributed by atoms with van der Waals surface area (Å²) in [5.74, 6) is 0.596. The average Bonchev–Trinajstić information content (AvgIpc) is 2.90. The van der Waals surface area contributed by atoms with E-state index in [0.29, 0.717) is 12.4 Å². The van der Waals surface area contributed by atoms with Crippen LogP contribution in [0.5, 0.6) is 0 Å². The first kappa shape index (κ1) is 14.6. The van der Waals surface area contributed by atoms with Crippen molar-refractivity contribution in [1.29, 1.82) is 0 Å². The number of benzene rings is 1. The summed E-state index contributed by atoms with van der Waals surface area (Å²) in [4.78, 5) is 2.34. The van der Waals surface area contributed by atoms with E-state index in [2.05, 4.69) is 24.8 Å². The van der Waals surface area contributed by atoms with Crippen LogP contribution in [0.2, 0.25) is 0 Å². The van der Waals surface area contributed by atoms with E-state index in [9.17, 15) is 5.11 Å². The van der Waals surface area contributed by atoms with Crippen LogP contribution in [0.4, 0.5) is 0 Å². The minimum absolute atomic E-state index is 0.216. The molecule has 2 atom stereocenters. The van der Waals surface area contributed by atoms with Crippen LogP contribution < -0.4 is 0 Å². The Hall–Kier alpha value is -1.36. The number of aliphatic hydroxyl groups is 1. The van der Waals surface area contributed by atoms with E-state index < -0.39 is 6.10 Å². The van der Waals surface area contributed by atoms with E-state index in [1.807, 2.05) is 18.2 Å². The van der Waals surface area contributed by atoms with Crippen LogP contribution in [-0.2, 0) is 4.74 Å². The molecule has 0 aliphatic carbocycles. The van der Waals surface area contributed by atoms with Gasteiger partial charge < -0.3 is 14.3 Å². The summed E-state index contributed by atoms with van der Waals surface area (Å²) in [5.41, 5.74) is 2.00. The number of ether oxygens (including phenoxy) is 1. The SMILES string of the molecule is CCCN1CCOC(C(O)c2cc3cc(C)ccc3o2)C1. The van der Waals surface area contributed by atoms with Gasteiger partial charge in [0, 0.05) is 18.5 Å². The Balaban J connectivity index is 1.77. The zero-order valence-electron chi connectivity index (χ0n) is 12.7. The molecule has 4 heteroatoms. The number of hydrogen-bond acceptors (Lipinski definition) is 4. The highest BCUT2D eigenvalue weighted by atomic mass is 16.5. The van der Waals surface area contributed by atoms with Crippen LogP contribution in [0.15, 0.2) is 28.7 Å². The fraction of sp³-hybridized carbons (Fsp3) is 0.529. The van der Waals surface area contributed by atoms with Gasteiger partial charge in [-0.05, 0) is 38.1 Å². The average molecular weight is 289 g/mol. The highest BCUT2D eigenvalue weighted by Gasteiger charge is 2.29. The normalized spacial score (nSPS) is 21.8. The molecule has 1 aromatic heterocycles. The van der Waals surface area contributed by atoms with Crippen LogP contribution in [0, 0.1) is 6.92 Å². The third kappa shape index (κ3) is 3.12. The zero-order valence-corrected chi connectivity index (χ0v) is 12.7. The number of aliphatic hydroxyl groups excluding tert-OH is 1. The number of furan rings is 1. The van der Waals surface area contributed by atoms with Gasteiger partial charge in [0.25, 0.3) is 0 Å². The third-order valence-corrected chi connectivity index (χ3v) is 4.05. The molecule has 1 saturated heterocycles. The number of aryl methyl sites for hydroxylation is 1. The maximum atomic E-state index is 10.6. The molecular weight excluding hydrogens is 266 g/mol. The zero-order chi connectivity index (χ0) is 14.8. The van der Waals surface area contributed by atoms with Gasteiger partial charge in [-0.3, -0.25) is 4.90 Å². The topological polar surface area (TPSA) is 45.8 Å². The first-order valence-electron chi connectivity index (χ1n) is 7.69. The van der Waals surface area contributed by atoms with Gasteiger partial charge in [-0.25, -0.2) is 0 Å². The van der Waals surface area contributed by atoms with E-state index in [0.717, 1.165) is 37.0 Å². The first-order valence-corrected chi connectivity index (χ1v) is 7.69. The summed E-state index contributed by atoms with van der Waals surface area (Å²) in [6.07, 6.45) is 0.191. The monoisotopic (exact) mass is 289 g/mol. The molecular formula is C17H23NO3. The van der Waals surface area contributed by atoms with Crippen molar-refractivity contribution < 1.29 is 14.3 Å². The lowest BCUT2D eigenvalue weighted by atomic mass is 10.1. The van der Waals surface area contributed by atoms with Crippen molar-refractivity contribution in [1.82, 2.24) is 4.90 Å². The van der Waals surface area contributed by atoms with Crippen molar-refractivity contribution >= 4 is 11.0 Å². The maximum Gasteiger partial charge on any atom is 0.139 e. The standard InChI is InChI=1S/C17H23NO3/c1-3-6-18-7-8-20-16(11-18)17(19)15-10-13-9-12(2)4-5-14(13)21-15/h4-5,9-10,16-17,19H,3,6-8,11H2,1-2H3. The van der Waals surface area contributed by atoms with Crippen LogP contribution >= 0.6 is 0 Å². The quantitative estimate of drug-likeness (QED) is 0.940. The predicted molar refractivity (Wildman–Crippen MR) is 82.4 cm³/mol. The summed E-state index contributed by atoms with van der Waals surface area (Å²) in [5, 5.41) is 11.6. The number of rotatable bonds is 4. The molecule has 1 aromatic carbocycles. The Labute approximate surface area is 125 Å². The van der Waals surface area contributed by atoms with Crippen molar-refractivity contribution in [3.05, 3.63) is 35.6 Å². The Bertz CT molecular complexity index is 605. The molecule has 2 heterocycles. The number of nitrogens with zero attached hydrogens (tertiary/aromatic N) is 1. The molecule has 0 bridgehead atoms. The highest BCUT2D eigenvalue weighted by molar-refractivity contribution is 5.78. The van der Waals surface area contributed by atoms with Crippen molar-refractivity contribution in [2.75, 3.05) is 26.2 Å². The minimum Gasteiger partial charge on any atom is -0.458 e. The molecule has 2 aromatic rings. The Morgan fingerprint density at radius 3 is 3.05 bits per heavy atom. The van der Waals surface area contributed by atoms with Gasteiger partial charge in [-0.2, -0.15) is 0 Å². The van der Waals surface area contributed by atoms with Crippen molar-refractivity contribution in [2.24, 2.45) is 0 Å². The van der Waals surface area contributed by atoms with E-state index in [-0.39, 0.29) is 6.10 Å². The van der Waals surface area contributed by atoms with Gasteiger partial charge in [0.15, 0.2) is 0 Å². The molecule has 1 fully saturated rings. The smallest absolute Gasteiger partial charge is 0.139 e. The highest BCUT2D eigenvalue weighted by Crippen LogP contribution is 2.28. The molecule has 1 N–H and O–H groups in total. The summed E-state index contributed by atoms with van der Waals surface area (Å²) in [6.45, 7) is 7.63. The fourth-order valence-electron chi connectivity index (χ4n) is 2.95. The molecule has 2 unspecified atom stereocenters. The number of fused-ring (bicyclic) bond motifs is 1. The van der Waals surface area contributed by atoms with Gasteiger partial charge in [-0.15, -0.1) is 0 Å². The molecule has 0 spiro atoms. The van der Waals surface area contributed by atoms with Gasteiger partial charge >= 0.3 is 0 Å². The fourth-order valence-corrected chi connectivity index (χ4v) is 2.95. The van der Waals surface area contributed by atoms with Gasteiger partial charge in [-0.1, -0.05) is 18.6 Å². The Kier molecular flexibility index (Phi) is 4.29. The van der Waals surface area contributed by atoms with Gasteiger partial charge in [0.2, 0.25) is 0 Å². The lowest BCUT2D eigenvalue weighted by molar-refractivity contribution is -0.0950. The molecule has 21 heavy (non-hydrogen) atoms. The van der Waals surface area contributed by atoms with Crippen LogP contribution in [-0.4, -0.2) is 42.4 Å². The summed E-state index contributed by atoms with van der Waals surface area (Å²) >= 11 is 0. The molecule has 3 rings (SSSR count). The molecule has 0 saturated carbocycles. The van der Waals surface area contributed by atoms with E-state index in [1.54, 1.807) is 0 Å². The van der Waals surface area contributed by atoms with Crippen LogP contribution in [0.3, 0.4) is 0 Å². The van der Waals surface area contributed by atoms with E-state index >= 15 is 0 Å². The minimum atomic E-state index is -0.711.